The minimum Gasteiger partial charge on any atom is -0.496 e. The first-order valence-electron chi connectivity index (χ1n) is 6.39. The highest BCUT2D eigenvalue weighted by Crippen LogP contribution is 2.30. The van der Waals surface area contributed by atoms with Gasteiger partial charge in [-0.3, -0.25) is 4.98 Å². The molecule has 0 bridgehead atoms. The third-order valence-electron chi connectivity index (χ3n) is 3.13. The Balaban J connectivity index is 2.23. The molecule has 0 saturated carbocycles. The first-order valence-corrected chi connectivity index (χ1v) is 7.21. The number of carboxylic acid groups (broad SMARTS) is 1. The van der Waals surface area contributed by atoms with Gasteiger partial charge in [0.25, 0.3) is 0 Å². The van der Waals surface area contributed by atoms with Crippen LogP contribution in [0.25, 0.3) is 0 Å². The summed E-state index contributed by atoms with van der Waals surface area (Å²) in [7, 11) is 1.62. The Labute approximate surface area is 127 Å². The second kappa shape index (κ2) is 6.13. The van der Waals surface area contributed by atoms with Crippen LogP contribution in [0, 0.1) is 20.8 Å². The van der Waals surface area contributed by atoms with Gasteiger partial charge in [-0.15, -0.1) is 11.3 Å². The second-order valence-electron chi connectivity index (χ2n) is 4.69. The van der Waals surface area contributed by atoms with Gasteiger partial charge in [-0.05, 0) is 26.8 Å². The van der Waals surface area contributed by atoms with Crippen molar-refractivity contribution in [3.05, 3.63) is 38.8 Å². The van der Waals surface area contributed by atoms with E-state index in [1.807, 2.05) is 20.8 Å². The molecule has 0 unspecified atom stereocenters. The quantitative estimate of drug-likeness (QED) is 0.917. The summed E-state index contributed by atoms with van der Waals surface area (Å²) in [6.07, 6.45) is 1.72. The minimum absolute atomic E-state index is 0.207. The third kappa shape index (κ3) is 3.16. The summed E-state index contributed by atoms with van der Waals surface area (Å²) in [6.45, 7) is 5.89. The van der Waals surface area contributed by atoms with Crippen LogP contribution in [-0.2, 0) is 6.61 Å². The highest BCUT2D eigenvalue weighted by Gasteiger charge is 2.16. The Morgan fingerprint density at radius 1 is 1.38 bits per heavy atom. The molecular formula is C15H17NO4S. The van der Waals surface area contributed by atoms with Crippen molar-refractivity contribution >= 4 is 17.3 Å². The zero-order valence-electron chi connectivity index (χ0n) is 12.4. The zero-order chi connectivity index (χ0) is 15.6. The van der Waals surface area contributed by atoms with E-state index < -0.39 is 5.97 Å². The molecule has 0 aliphatic rings. The van der Waals surface area contributed by atoms with Gasteiger partial charge < -0.3 is 14.6 Å². The number of aromatic carboxylic acids is 1. The predicted octanol–water partition coefficient (Wildman–Crippen LogP) is 3.35. The van der Waals surface area contributed by atoms with E-state index in [9.17, 15) is 4.79 Å². The van der Waals surface area contributed by atoms with Gasteiger partial charge in [0, 0.05) is 22.2 Å². The number of thiophene rings is 1. The molecule has 6 heteroatoms. The topological polar surface area (TPSA) is 68.7 Å². The lowest BCUT2D eigenvalue weighted by atomic mass is 10.1. The number of nitrogens with zero attached hydrogens (tertiary/aromatic N) is 1. The Morgan fingerprint density at radius 3 is 2.71 bits per heavy atom. The van der Waals surface area contributed by atoms with Crippen LogP contribution in [0.2, 0.25) is 0 Å². The van der Waals surface area contributed by atoms with Crippen LogP contribution in [0.4, 0.5) is 0 Å². The van der Waals surface area contributed by atoms with E-state index in [0.717, 1.165) is 27.4 Å². The third-order valence-corrected chi connectivity index (χ3v) is 4.15. The van der Waals surface area contributed by atoms with Gasteiger partial charge in [-0.25, -0.2) is 4.79 Å². The van der Waals surface area contributed by atoms with Crippen molar-refractivity contribution in [1.29, 1.82) is 0 Å². The molecule has 2 heterocycles. The maximum absolute atomic E-state index is 11.2. The number of hydrogen-bond donors (Lipinski definition) is 1. The fourth-order valence-electron chi connectivity index (χ4n) is 2.11. The fraction of sp³-hybridized carbons (Fsp3) is 0.333. The number of pyridine rings is 1. The average Bonchev–Trinajstić information content (AvgIpc) is 2.80. The van der Waals surface area contributed by atoms with Crippen molar-refractivity contribution in [3.8, 4) is 11.5 Å². The molecule has 0 aliphatic heterocycles. The van der Waals surface area contributed by atoms with Crippen LogP contribution in [0.5, 0.6) is 11.5 Å². The number of aromatic nitrogens is 1. The minimum atomic E-state index is -0.978. The molecule has 0 aromatic carbocycles. The standard InChI is InChI=1S/C15H17NO4S/c1-8-6-16-11(10(3)13(8)19-4)7-20-12-5-9(2)21-14(12)15(17)18/h5-6H,7H2,1-4H3,(H,17,18). The smallest absolute Gasteiger partial charge is 0.349 e. The highest BCUT2D eigenvalue weighted by atomic mass is 32.1. The molecule has 0 amide bonds. The van der Waals surface area contributed by atoms with Crippen molar-refractivity contribution in [2.45, 2.75) is 27.4 Å². The van der Waals surface area contributed by atoms with Gasteiger partial charge in [0.1, 0.15) is 18.1 Å². The molecule has 5 nitrogen and oxygen atoms in total. The average molecular weight is 307 g/mol. The molecule has 112 valence electrons. The number of aryl methyl sites for hydroxylation is 2. The lowest BCUT2D eigenvalue weighted by Gasteiger charge is -2.12. The van der Waals surface area contributed by atoms with E-state index in [-0.39, 0.29) is 11.5 Å². The van der Waals surface area contributed by atoms with Crippen LogP contribution in [0.1, 0.15) is 31.4 Å². The Hall–Kier alpha value is -2.08. The Bertz CT molecular complexity index is 679. The van der Waals surface area contributed by atoms with E-state index in [4.69, 9.17) is 14.6 Å². The number of carboxylic acids is 1. The monoisotopic (exact) mass is 307 g/mol. The van der Waals surface area contributed by atoms with E-state index in [0.29, 0.717) is 5.75 Å². The first kappa shape index (κ1) is 15.3. The molecule has 0 atom stereocenters. The summed E-state index contributed by atoms with van der Waals surface area (Å²) in [6, 6.07) is 1.73. The first-order chi connectivity index (χ1) is 9.93. The second-order valence-corrected chi connectivity index (χ2v) is 5.95. The van der Waals surface area contributed by atoms with Crippen LogP contribution in [-0.4, -0.2) is 23.2 Å². The molecule has 1 N–H and O–H groups in total. The van der Waals surface area contributed by atoms with Gasteiger partial charge in [0.15, 0.2) is 4.88 Å². The molecule has 0 radical (unpaired) electrons. The summed E-state index contributed by atoms with van der Waals surface area (Å²) in [5.41, 5.74) is 2.59. The molecule has 2 aromatic heterocycles. The predicted molar refractivity (Wildman–Crippen MR) is 80.6 cm³/mol. The van der Waals surface area contributed by atoms with Gasteiger partial charge in [0.2, 0.25) is 0 Å². The molecule has 2 rings (SSSR count). The molecular weight excluding hydrogens is 290 g/mol. The number of methoxy groups -OCH3 is 1. The summed E-state index contributed by atoms with van der Waals surface area (Å²) in [4.78, 5) is 16.6. The molecule has 2 aromatic rings. The summed E-state index contributed by atoms with van der Waals surface area (Å²) < 4.78 is 11.0. The SMILES string of the molecule is COc1c(C)cnc(COc2cc(C)sc2C(=O)O)c1C. The molecule has 0 spiro atoms. The van der Waals surface area contributed by atoms with E-state index in [1.165, 1.54) is 11.3 Å². The molecule has 0 aliphatic carbocycles. The maximum atomic E-state index is 11.2. The largest absolute Gasteiger partial charge is 0.496 e. The van der Waals surface area contributed by atoms with Crippen molar-refractivity contribution in [2.75, 3.05) is 7.11 Å². The summed E-state index contributed by atoms with van der Waals surface area (Å²) in [5, 5.41) is 9.14. The van der Waals surface area contributed by atoms with Gasteiger partial charge in [0.05, 0.1) is 12.8 Å². The number of hydrogen-bond acceptors (Lipinski definition) is 5. The number of carbonyl (C=O) groups is 1. The number of ether oxygens (including phenoxy) is 2. The van der Waals surface area contributed by atoms with Crippen molar-refractivity contribution in [1.82, 2.24) is 4.98 Å². The maximum Gasteiger partial charge on any atom is 0.349 e. The van der Waals surface area contributed by atoms with Crippen LogP contribution >= 0.6 is 11.3 Å². The van der Waals surface area contributed by atoms with Gasteiger partial charge in [-0.1, -0.05) is 0 Å². The van der Waals surface area contributed by atoms with Crippen molar-refractivity contribution in [2.24, 2.45) is 0 Å². The van der Waals surface area contributed by atoms with Crippen LogP contribution in [0.15, 0.2) is 12.3 Å². The fourth-order valence-corrected chi connectivity index (χ4v) is 2.90. The zero-order valence-corrected chi connectivity index (χ0v) is 13.2. The van der Waals surface area contributed by atoms with E-state index in [1.54, 1.807) is 19.4 Å². The normalized spacial score (nSPS) is 10.5. The molecule has 21 heavy (non-hydrogen) atoms. The Morgan fingerprint density at radius 2 is 2.10 bits per heavy atom. The molecule has 0 fully saturated rings. The lowest BCUT2D eigenvalue weighted by Crippen LogP contribution is -2.05. The summed E-state index contributed by atoms with van der Waals surface area (Å²) in [5.74, 6) is 0.184. The van der Waals surface area contributed by atoms with E-state index >= 15 is 0 Å². The van der Waals surface area contributed by atoms with Crippen molar-refractivity contribution < 1.29 is 19.4 Å². The molecule has 0 saturated heterocycles. The van der Waals surface area contributed by atoms with Crippen LogP contribution < -0.4 is 9.47 Å². The van der Waals surface area contributed by atoms with Crippen molar-refractivity contribution in [3.63, 3.8) is 0 Å². The Kier molecular flexibility index (Phi) is 4.47. The van der Waals surface area contributed by atoms with E-state index in [2.05, 4.69) is 4.98 Å². The summed E-state index contributed by atoms with van der Waals surface area (Å²) >= 11 is 1.20. The van der Waals surface area contributed by atoms with Crippen LogP contribution in [0.3, 0.4) is 0 Å². The number of rotatable bonds is 5. The highest BCUT2D eigenvalue weighted by molar-refractivity contribution is 7.14. The van der Waals surface area contributed by atoms with Gasteiger partial charge in [-0.2, -0.15) is 0 Å². The van der Waals surface area contributed by atoms with Gasteiger partial charge >= 0.3 is 5.97 Å². The lowest BCUT2D eigenvalue weighted by molar-refractivity contribution is 0.0697.